The molecule has 0 aliphatic carbocycles. The zero-order valence-corrected chi connectivity index (χ0v) is 12.7. The Hall–Kier alpha value is -1.51. The molecule has 0 amide bonds. The summed E-state index contributed by atoms with van der Waals surface area (Å²) >= 11 is 5.98. The van der Waals surface area contributed by atoms with E-state index in [-0.39, 0.29) is 6.04 Å². The fourth-order valence-corrected chi connectivity index (χ4v) is 2.38. The van der Waals surface area contributed by atoms with Gasteiger partial charge in [-0.3, -0.25) is 0 Å². The number of hydrogen-bond acceptors (Lipinski definition) is 2. The van der Waals surface area contributed by atoms with E-state index in [2.05, 4.69) is 30.4 Å². The van der Waals surface area contributed by atoms with Crippen LogP contribution in [0.3, 0.4) is 0 Å². The Morgan fingerprint density at radius 1 is 1.10 bits per heavy atom. The van der Waals surface area contributed by atoms with Gasteiger partial charge in [0, 0.05) is 10.6 Å². The molecule has 0 fully saturated rings. The minimum absolute atomic E-state index is 0.114. The topological polar surface area (TPSA) is 21.3 Å². The summed E-state index contributed by atoms with van der Waals surface area (Å²) in [6.45, 7) is 3.11. The van der Waals surface area contributed by atoms with Crippen molar-refractivity contribution < 1.29 is 4.74 Å². The molecule has 0 aliphatic heterocycles. The van der Waals surface area contributed by atoms with Gasteiger partial charge in [0.25, 0.3) is 0 Å². The second kappa shape index (κ2) is 7.32. The fourth-order valence-electron chi connectivity index (χ4n) is 2.26. The van der Waals surface area contributed by atoms with Gasteiger partial charge in [0.1, 0.15) is 5.75 Å². The first-order chi connectivity index (χ1) is 9.76. The molecule has 1 N–H and O–H groups in total. The molecule has 2 nitrogen and oxygen atoms in total. The lowest BCUT2D eigenvalue weighted by molar-refractivity contribution is 0.404. The predicted molar refractivity (Wildman–Crippen MR) is 84.6 cm³/mol. The van der Waals surface area contributed by atoms with Crippen LogP contribution >= 0.6 is 11.6 Å². The summed E-state index contributed by atoms with van der Waals surface area (Å²) in [6.07, 6.45) is 1.08. The molecule has 0 aromatic heterocycles. The van der Waals surface area contributed by atoms with Crippen LogP contribution in [0.1, 0.15) is 30.5 Å². The highest BCUT2D eigenvalue weighted by atomic mass is 35.5. The van der Waals surface area contributed by atoms with Gasteiger partial charge < -0.3 is 10.1 Å². The van der Waals surface area contributed by atoms with Crippen molar-refractivity contribution in [3.8, 4) is 5.75 Å². The molecule has 2 aromatic rings. The van der Waals surface area contributed by atoms with Crippen LogP contribution in [0.5, 0.6) is 5.75 Å². The van der Waals surface area contributed by atoms with Gasteiger partial charge in [-0.15, -0.1) is 0 Å². The zero-order chi connectivity index (χ0) is 14.4. The summed E-state index contributed by atoms with van der Waals surface area (Å²) in [5.74, 6) is 0.899. The van der Waals surface area contributed by atoms with Crippen LogP contribution in [-0.4, -0.2) is 13.7 Å². The molecule has 1 unspecified atom stereocenters. The smallest absolute Gasteiger partial charge is 0.123 e. The van der Waals surface area contributed by atoms with Crippen LogP contribution in [0.2, 0.25) is 5.02 Å². The lowest BCUT2D eigenvalue weighted by Gasteiger charge is -2.21. The number of methoxy groups -OCH3 is 1. The minimum atomic E-state index is 0.114. The number of nitrogens with one attached hydrogen (secondary N) is 1. The zero-order valence-electron chi connectivity index (χ0n) is 11.9. The maximum absolute atomic E-state index is 5.98. The lowest BCUT2D eigenvalue weighted by atomic mass is 9.97. The van der Waals surface area contributed by atoms with Gasteiger partial charge in [0.05, 0.1) is 13.2 Å². The number of hydrogen-bond donors (Lipinski definition) is 1. The van der Waals surface area contributed by atoms with Crippen LogP contribution in [-0.2, 0) is 0 Å². The van der Waals surface area contributed by atoms with Crippen molar-refractivity contribution in [2.75, 3.05) is 13.7 Å². The van der Waals surface area contributed by atoms with E-state index in [1.54, 1.807) is 7.11 Å². The molecule has 106 valence electrons. The Morgan fingerprint density at radius 3 is 2.45 bits per heavy atom. The van der Waals surface area contributed by atoms with Gasteiger partial charge >= 0.3 is 0 Å². The van der Waals surface area contributed by atoms with Gasteiger partial charge in [-0.1, -0.05) is 48.9 Å². The molecular weight excluding hydrogens is 270 g/mol. The van der Waals surface area contributed by atoms with E-state index in [0.717, 1.165) is 29.3 Å². The quantitative estimate of drug-likeness (QED) is 0.849. The third-order valence-electron chi connectivity index (χ3n) is 3.25. The Morgan fingerprint density at radius 2 is 1.80 bits per heavy atom. The third kappa shape index (κ3) is 3.53. The van der Waals surface area contributed by atoms with Crippen molar-refractivity contribution in [1.82, 2.24) is 5.32 Å². The number of ether oxygens (including phenoxy) is 1. The molecule has 2 aromatic carbocycles. The van der Waals surface area contributed by atoms with E-state index in [1.807, 2.05) is 30.3 Å². The van der Waals surface area contributed by atoms with E-state index < -0.39 is 0 Å². The van der Waals surface area contributed by atoms with Crippen molar-refractivity contribution in [3.05, 3.63) is 64.7 Å². The molecule has 0 bridgehead atoms. The van der Waals surface area contributed by atoms with Crippen molar-refractivity contribution in [1.29, 1.82) is 0 Å². The van der Waals surface area contributed by atoms with Gasteiger partial charge in [-0.25, -0.2) is 0 Å². The van der Waals surface area contributed by atoms with Crippen LogP contribution in [0.15, 0.2) is 48.5 Å². The number of para-hydroxylation sites is 1. The highest BCUT2D eigenvalue weighted by Gasteiger charge is 2.17. The molecule has 0 saturated heterocycles. The first-order valence-electron chi connectivity index (χ1n) is 6.88. The normalized spacial score (nSPS) is 12.2. The number of rotatable bonds is 6. The summed E-state index contributed by atoms with van der Waals surface area (Å²) in [5.41, 5.74) is 2.33. The van der Waals surface area contributed by atoms with Crippen LogP contribution in [0.4, 0.5) is 0 Å². The first-order valence-corrected chi connectivity index (χ1v) is 7.25. The molecule has 0 spiro atoms. The van der Waals surface area contributed by atoms with Crippen LogP contribution < -0.4 is 10.1 Å². The predicted octanol–water partition coefficient (Wildman–Crippen LogP) is 4.44. The van der Waals surface area contributed by atoms with Gasteiger partial charge in [0.2, 0.25) is 0 Å². The highest BCUT2D eigenvalue weighted by molar-refractivity contribution is 6.30. The molecule has 20 heavy (non-hydrogen) atoms. The Balaban J connectivity index is 2.38. The van der Waals surface area contributed by atoms with Crippen molar-refractivity contribution in [3.63, 3.8) is 0 Å². The first kappa shape index (κ1) is 14.9. The Bertz CT molecular complexity index is 539. The van der Waals surface area contributed by atoms with Gasteiger partial charge in [0.15, 0.2) is 0 Å². The van der Waals surface area contributed by atoms with Crippen molar-refractivity contribution >= 4 is 11.6 Å². The second-order valence-corrected chi connectivity index (χ2v) is 5.12. The molecule has 2 rings (SSSR count). The molecule has 0 radical (unpaired) electrons. The maximum atomic E-state index is 5.98. The maximum Gasteiger partial charge on any atom is 0.123 e. The molecule has 1 atom stereocenters. The van der Waals surface area contributed by atoms with E-state index in [9.17, 15) is 0 Å². The van der Waals surface area contributed by atoms with Crippen LogP contribution in [0, 0.1) is 0 Å². The number of halogens is 1. The Kier molecular flexibility index (Phi) is 5.45. The molecular formula is C17H20ClNO. The summed E-state index contributed by atoms with van der Waals surface area (Å²) in [7, 11) is 1.71. The fraction of sp³-hybridized carbons (Fsp3) is 0.294. The minimum Gasteiger partial charge on any atom is -0.496 e. The second-order valence-electron chi connectivity index (χ2n) is 4.68. The Labute approximate surface area is 125 Å². The largest absolute Gasteiger partial charge is 0.496 e. The standard InChI is InChI=1S/C17H20ClNO/c1-3-12-19-17(13-8-10-14(18)11-9-13)15-6-4-5-7-16(15)20-2/h4-11,17,19H,3,12H2,1-2H3. The van der Waals surface area contributed by atoms with Gasteiger partial charge in [-0.2, -0.15) is 0 Å². The van der Waals surface area contributed by atoms with Crippen molar-refractivity contribution in [2.45, 2.75) is 19.4 Å². The van der Waals surface area contributed by atoms with E-state index >= 15 is 0 Å². The van der Waals surface area contributed by atoms with Crippen LogP contribution in [0.25, 0.3) is 0 Å². The summed E-state index contributed by atoms with van der Waals surface area (Å²) < 4.78 is 5.49. The lowest BCUT2D eigenvalue weighted by Crippen LogP contribution is -2.23. The van der Waals surface area contributed by atoms with Crippen molar-refractivity contribution in [2.24, 2.45) is 0 Å². The summed E-state index contributed by atoms with van der Waals surface area (Å²) in [4.78, 5) is 0. The summed E-state index contributed by atoms with van der Waals surface area (Å²) in [5, 5.41) is 4.33. The molecule has 0 saturated carbocycles. The van der Waals surface area contributed by atoms with Gasteiger partial charge in [-0.05, 0) is 36.7 Å². The monoisotopic (exact) mass is 289 g/mol. The molecule has 3 heteroatoms. The van der Waals surface area contributed by atoms with E-state index in [0.29, 0.717) is 0 Å². The average Bonchev–Trinajstić information content (AvgIpc) is 2.50. The molecule has 0 heterocycles. The van der Waals surface area contributed by atoms with E-state index in [1.165, 1.54) is 5.56 Å². The molecule has 0 aliphatic rings. The average molecular weight is 290 g/mol. The third-order valence-corrected chi connectivity index (χ3v) is 3.50. The summed E-state index contributed by atoms with van der Waals surface area (Å²) in [6, 6.07) is 16.2. The van der Waals surface area contributed by atoms with E-state index in [4.69, 9.17) is 16.3 Å². The number of benzene rings is 2. The SMILES string of the molecule is CCCNC(c1ccc(Cl)cc1)c1ccccc1OC. The highest BCUT2D eigenvalue weighted by Crippen LogP contribution is 2.30.